The summed E-state index contributed by atoms with van der Waals surface area (Å²) in [6, 6.07) is 16.0. The van der Waals surface area contributed by atoms with Gasteiger partial charge in [-0.1, -0.05) is 24.3 Å². The van der Waals surface area contributed by atoms with Crippen LogP contribution in [0.3, 0.4) is 0 Å². The minimum atomic E-state index is -0.0175. The number of nitrogens with zero attached hydrogens (tertiary/aromatic N) is 2. The third kappa shape index (κ3) is 7.07. The summed E-state index contributed by atoms with van der Waals surface area (Å²) >= 11 is 0. The van der Waals surface area contributed by atoms with Gasteiger partial charge in [0.15, 0.2) is 5.96 Å². The summed E-state index contributed by atoms with van der Waals surface area (Å²) in [4.78, 5) is 18.0. The molecule has 0 aliphatic carbocycles. The van der Waals surface area contributed by atoms with E-state index in [1.807, 2.05) is 36.4 Å². The summed E-state index contributed by atoms with van der Waals surface area (Å²) in [7, 11) is 6.97. The molecule has 0 atom stereocenters. The van der Waals surface area contributed by atoms with Crippen LogP contribution in [0.2, 0.25) is 0 Å². The number of carbonyl (C=O) groups excluding carboxylic acids is 1. The Hall–Kier alpha value is -2.33. The number of hydrogen-bond donors (Lipinski definition) is 2. The van der Waals surface area contributed by atoms with Gasteiger partial charge in [0.25, 0.3) is 5.91 Å². The van der Waals surface area contributed by atoms with Gasteiger partial charge in [0.05, 0.1) is 7.11 Å². The fourth-order valence-corrected chi connectivity index (χ4v) is 3.96. The van der Waals surface area contributed by atoms with Gasteiger partial charge in [0.1, 0.15) is 5.75 Å². The van der Waals surface area contributed by atoms with Crippen LogP contribution in [0.5, 0.6) is 5.75 Å². The van der Waals surface area contributed by atoms with E-state index >= 15 is 0 Å². The van der Waals surface area contributed by atoms with Gasteiger partial charge in [-0.05, 0) is 48.2 Å². The summed E-state index contributed by atoms with van der Waals surface area (Å²) in [5, 5.41) is 6.89. The van der Waals surface area contributed by atoms with Crippen molar-refractivity contribution in [2.45, 2.75) is 24.8 Å². The molecule has 2 N–H and O–H groups in total. The molecule has 1 heterocycles. The van der Waals surface area contributed by atoms with Crippen LogP contribution >= 0.6 is 24.0 Å². The molecule has 1 aliphatic heterocycles. The zero-order valence-corrected chi connectivity index (χ0v) is 22.2. The summed E-state index contributed by atoms with van der Waals surface area (Å²) in [5.41, 5.74) is 3.03. The molecule has 0 aromatic heterocycles. The number of benzene rings is 2. The molecular formula is C25H35IN4O3. The first-order chi connectivity index (χ1) is 15.5. The van der Waals surface area contributed by atoms with E-state index in [-0.39, 0.29) is 35.3 Å². The number of methoxy groups -OCH3 is 1. The van der Waals surface area contributed by atoms with Crippen molar-refractivity contribution >= 4 is 35.8 Å². The summed E-state index contributed by atoms with van der Waals surface area (Å²) in [6.07, 6.45) is 1.90. The van der Waals surface area contributed by atoms with E-state index in [9.17, 15) is 4.79 Å². The average Bonchev–Trinajstić information content (AvgIpc) is 2.84. The van der Waals surface area contributed by atoms with Crippen LogP contribution in [-0.2, 0) is 16.7 Å². The SMILES string of the molecule is CN=C(NCc1ccc(C(=O)N(C)C)cc1)NCC1(c2ccc(OC)cc2)CCOCC1.I. The molecule has 2 aromatic carbocycles. The Morgan fingerprint density at radius 1 is 1.06 bits per heavy atom. The highest BCUT2D eigenvalue weighted by atomic mass is 127. The minimum absolute atomic E-state index is 0. The second-order valence-corrected chi connectivity index (χ2v) is 8.30. The van der Waals surface area contributed by atoms with E-state index in [2.05, 4.69) is 27.8 Å². The average molecular weight is 566 g/mol. The number of halogens is 1. The summed E-state index contributed by atoms with van der Waals surface area (Å²) in [6.45, 7) is 2.88. The molecule has 1 fully saturated rings. The standard InChI is InChI=1S/C25H34N4O3.HI/c1-26-24(27-17-19-5-7-20(8-6-19)23(30)29(2)3)28-18-25(13-15-32-16-14-25)21-9-11-22(31-4)12-10-21;/h5-12H,13-18H2,1-4H3,(H2,26,27,28);1H. The summed E-state index contributed by atoms with van der Waals surface area (Å²) in [5.74, 6) is 1.61. The lowest BCUT2D eigenvalue weighted by Gasteiger charge is -2.38. The number of carbonyl (C=O) groups is 1. The third-order valence-electron chi connectivity index (χ3n) is 6.04. The second kappa shape index (κ2) is 12.8. The maximum atomic E-state index is 12.1. The zero-order chi connectivity index (χ0) is 23.0. The normalized spacial score (nSPS) is 15.2. The van der Waals surface area contributed by atoms with Crippen LogP contribution in [0.15, 0.2) is 53.5 Å². The van der Waals surface area contributed by atoms with E-state index in [0.717, 1.165) is 49.9 Å². The van der Waals surface area contributed by atoms with Crippen LogP contribution in [0, 0.1) is 0 Å². The largest absolute Gasteiger partial charge is 0.497 e. The van der Waals surface area contributed by atoms with Crippen molar-refractivity contribution in [3.63, 3.8) is 0 Å². The zero-order valence-electron chi connectivity index (χ0n) is 19.9. The maximum Gasteiger partial charge on any atom is 0.253 e. The number of aliphatic imine (C=N–C) groups is 1. The first-order valence-electron chi connectivity index (χ1n) is 10.9. The van der Waals surface area contributed by atoms with Crippen LogP contribution in [0.4, 0.5) is 0 Å². The number of hydrogen-bond acceptors (Lipinski definition) is 4. The molecule has 0 unspecified atom stereocenters. The monoisotopic (exact) mass is 566 g/mol. The van der Waals surface area contributed by atoms with Crippen LogP contribution in [-0.4, -0.2) is 64.8 Å². The number of amides is 1. The molecule has 1 aliphatic rings. The van der Waals surface area contributed by atoms with Crippen LogP contribution < -0.4 is 15.4 Å². The molecule has 0 spiro atoms. The van der Waals surface area contributed by atoms with Crippen LogP contribution in [0.25, 0.3) is 0 Å². The van der Waals surface area contributed by atoms with Gasteiger partial charge in [0, 0.05) is 58.4 Å². The van der Waals surface area contributed by atoms with Crippen molar-refractivity contribution in [1.82, 2.24) is 15.5 Å². The molecule has 33 heavy (non-hydrogen) atoms. The number of guanidine groups is 1. The van der Waals surface area contributed by atoms with Crippen LogP contribution in [0.1, 0.15) is 34.3 Å². The molecule has 1 amide bonds. The van der Waals surface area contributed by atoms with Crippen molar-refractivity contribution in [1.29, 1.82) is 0 Å². The van der Waals surface area contributed by atoms with E-state index in [1.54, 1.807) is 33.2 Å². The Balaban J connectivity index is 0.00000385. The topological polar surface area (TPSA) is 75.2 Å². The number of rotatable bonds is 7. The predicted molar refractivity (Wildman–Crippen MR) is 143 cm³/mol. The molecular weight excluding hydrogens is 531 g/mol. The second-order valence-electron chi connectivity index (χ2n) is 8.30. The van der Waals surface area contributed by atoms with Gasteiger partial charge >= 0.3 is 0 Å². The molecule has 7 nitrogen and oxygen atoms in total. The van der Waals surface area contributed by atoms with E-state index in [4.69, 9.17) is 9.47 Å². The maximum absolute atomic E-state index is 12.1. The van der Waals surface area contributed by atoms with Gasteiger partial charge in [-0.3, -0.25) is 9.79 Å². The Kier molecular flexibility index (Phi) is 10.4. The molecule has 1 saturated heterocycles. The van der Waals surface area contributed by atoms with E-state index in [1.165, 1.54) is 5.56 Å². The Bertz CT molecular complexity index is 908. The molecule has 180 valence electrons. The molecule has 0 bridgehead atoms. The summed E-state index contributed by atoms with van der Waals surface area (Å²) < 4.78 is 11.0. The van der Waals surface area contributed by atoms with Gasteiger partial charge in [-0.25, -0.2) is 0 Å². The first-order valence-corrected chi connectivity index (χ1v) is 10.9. The Labute approximate surface area is 214 Å². The third-order valence-corrected chi connectivity index (χ3v) is 6.04. The highest BCUT2D eigenvalue weighted by Gasteiger charge is 2.34. The van der Waals surface area contributed by atoms with Crippen molar-refractivity contribution in [2.75, 3.05) is 48.0 Å². The first kappa shape index (κ1) is 26.9. The number of ether oxygens (including phenoxy) is 2. The molecule has 0 saturated carbocycles. The Morgan fingerprint density at radius 2 is 1.70 bits per heavy atom. The molecule has 0 radical (unpaired) electrons. The quantitative estimate of drug-likeness (QED) is 0.305. The van der Waals surface area contributed by atoms with Crippen molar-refractivity contribution in [3.8, 4) is 5.75 Å². The van der Waals surface area contributed by atoms with Gasteiger partial charge in [-0.2, -0.15) is 0 Å². The molecule has 2 aromatic rings. The smallest absolute Gasteiger partial charge is 0.253 e. The minimum Gasteiger partial charge on any atom is -0.497 e. The van der Waals surface area contributed by atoms with Gasteiger partial charge in [0.2, 0.25) is 0 Å². The molecule has 8 heteroatoms. The van der Waals surface area contributed by atoms with Crippen molar-refractivity contribution in [3.05, 3.63) is 65.2 Å². The molecule has 3 rings (SSSR count). The fraction of sp³-hybridized carbons (Fsp3) is 0.440. The van der Waals surface area contributed by atoms with Crippen molar-refractivity contribution in [2.24, 2.45) is 4.99 Å². The lowest BCUT2D eigenvalue weighted by atomic mass is 9.74. The van der Waals surface area contributed by atoms with Gasteiger partial charge < -0.3 is 25.0 Å². The highest BCUT2D eigenvalue weighted by molar-refractivity contribution is 14.0. The van der Waals surface area contributed by atoms with E-state index in [0.29, 0.717) is 12.1 Å². The lowest BCUT2D eigenvalue weighted by Crippen LogP contribution is -2.47. The van der Waals surface area contributed by atoms with Crippen molar-refractivity contribution < 1.29 is 14.3 Å². The van der Waals surface area contributed by atoms with E-state index < -0.39 is 0 Å². The van der Waals surface area contributed by atoms with Gasteiger partial charge in [-0.15, -0.1) is 24.0 Å². The predicted octanol–water partition coefficient (Wildman–Crippen LogP) is 3.43. The highest BCUT2D eigenvalue weighted by Crippen LogP contribution is 2.35. The lowest BCUT2D eigenvalue weighted by molar-refractivity contribution is 0.0513. The fourth-order valence-electron chi connectivity index (χ4n) is 3.96. The number of nitrogens with one attached hydrogen (secondary N) is 2. The Morgan fingerprint density at radius 3 is 2.24 bits per heavy atom.